The maximum atomic E-state index is 13.3. The summed E-state index contributed by atoms with van der Waals surface area (Å²) in [5, 5.41) is 87.0. The molecular weight excluding hydrogens is 1010 g/mol. The van der Waals surface area contributed by atoms with Crippen LogP contribution in [0, 0.1) is 0 Å². The lowest BCUT2D eigenvalue weighted by Gasteiger charge is -2.46. The number of allylic oxidation sites excluding steroid dienone is 7. The Morgan fingerprint density at radius 1 is 0.438 bits per heavy atom. The van der Waals surface area contributed by atoms with E-state index in [9.17, 15) is 45.6 Å². The molecule has 2 rings (SSSR count). The van der Waals surface area contributed by atoms with Crippen LogP contribution in [-0.2, 0) is 23.7 Å². The molecule has 14 nitrogen and oxygen atoms in total. The first-order chi connectivity index (χ1) is 39.1. The van der Waals surface area contributed by atoms with Gasteiger partial charge in [-0.3, -0.25) is 4.79 Å². The van der Waals surface area contributed by atoms with E-state index < -0.39 is 86.8 Å². The van der Waals surface area contributed by atoms with Crippen LogP contribution >= 0.6 is 0 Å². The van der Waals surface area contributed by atoms with Crippen LogP contribution in [0.15, 0.2) is 48.6 Å². The molecule has 468 valence electrons. The molecule has 0 bridgehead atoms. The zero-order valence-electron chi connectivity index (χ0n) is 50.6. The minimum atomic E-state index is -1.79. The Bertz CT molecular complexity index is 1530. The molecule has 0 aromatic rings. The highest BCUT2D eigenvalue weighted by Gasteiger charge is 2.51. The maximum absolute atomic E-state index is 13.3. The van der Waals surface area contributed by atoms with Crippen molar-refractivity contribution in [2.45, 2.75) is 344 Å². The number of rotatable bonds is 53. The van der Waals surface area contributed by atoms with Gasteiger partial charge in [-0.1, -0.05) is 242 Å². The minimum Gasteiger partial charge on any atom is -0.394 e. The predicted octanol–water partition coefficient (Wildman–Crippen LogP) is 12.3. The number of unbranched alkanes of at least 4 members (excludes halogenated alkanes) is 34. The average molecular weight is 1140 g/mol. The smallest absolute Gasteiger partial charge is 0.220 e. The van der Waals surface area contributed by atoms with Crippen molar-refractivity contribution >= 4 is 5.91 Å². The summed E-state index contributed by atoms with van der Waals surface area (Å²) < 4.78 is 22.7. The van der Waals surface area contributed by atoms with E-state index in [-0.39, 0.29) is 18.9 Å². The highest BCUT2D eigenvalue weighted by Crippen LogP contribution is 2.30. The summed E-state index contributed by atoms with van der Waals surface area (Å²) >= 11 is 0. The first-order valence-corrected chi connectivity index (χ1v) is 32.9. The van der Waals surface area contributed by atoms with Crippen molar-refractivity contribution in [3.8, 4) is 0 Å². The molecule has 0 aromatic heterocycles. The number of carbonyl (C=O) groups is 1. The molecule has 1 amide bonds. The summed E-state index contributed by atoms with van der Waals surface area (Å²) in [4.78, 5) is 13.3. The SMILES string of the molecule is CCCCC/C=C/CC/C=C/CC/C=C/C(O)C(COC1OC(CO)C(OC2OC(CO)C(O)C(O)C2O)C(O)C1O)NC(=O)CCCCCCCCCCCCCCCCCCCCCCC/C=C\CCCCCCCCCC. The third kappa shape index (κ3) is 35.9. The second kappa shape index (κ2) is 51.4. The third-order valence-corrected chi connectivity index (χ3v) is 16.0. The van der Waals surface area contributed by atoms with E-state index in [0.29, 0.717) is 12.8 Å². The lowest BCUT2D eigenvalue weighted by molar-refractivity contribution is -0.359. The van der Waals surface area contributed by atoms with Gasteiger partial charge in [0.25, 0.3) is 0 Å². The van der Waals surface area contributed by atoms with Crippen LogP contribution in [0.2, 0.25) is 0 Å². The second-order valence-corrected chi connectivity index (χ2v) is 23.2. The summed E-state index contributed by atoms with van der Waals surface area (Å²) in [7, 11) is 0. The van der Waals surface area contributed by atoms with Crippen molar-refractivity contribution in [1.29, 1.82) is 0 Å². The van der Waals surface area contributed by atoms with Gasteiger partial charge >= 0.3 is 0 Å². The fourth-order valence-electron chi connectivity index (χ4n) is 10.7. The average Bonchev–Trinajstić information content (AvgIpc) is 3.49. The molecule has 0 aliphatic carbocycles. The Morgan fingerprint density at radius 3 is 1.25 bits per heavy atom. The van der Waals surface area contributed by atoms with Gasteiger partial charge in [0.2, 0.25) is 5.91 Å². The molecular formula is C66H121NO13. The van der Waals surface area contributed by atoms with Gasteiger partial charge in [0.15, 0.2) is 12.6 Å². The highest BCUT2D eigenvalue weighted by atomic mass is 16.7. The van der Waals surface area contributed by atoms with Crippen molar-refractivity contribution < 1.29 is 64.6 Å². The van der Waals surface area contributed by atoms with Gasteiger partial charge < -0.3 is 65.1 Å². The molecule has 0 aromatic carbocycles. The molecule has 2 aliphatic heterocycles. The minimum absolute atomic E-state index is 0.251. The maximum Gasteiger partial charge on any atom is 0.220 e. The van der Waals surface area contributed by atoms with E-state index >= 15 is 0 Å². The molecule has 0 saturated carbocycles. The number of ether oxygens (including phenoxy) is 4. The molecule has 0 spiro atoms. The van der Waals surface area contributed by atoms with E-state index in [2.05, 4.69) is 55.6 Å². The number of amides is 1. The Hall–Kier alpha value is -2.05. The summed E-state index contributed by atoms with van der Waals surface area (Å²) in [6.45, 7) is 2.75. The Labute approximate surface area is 486 Å². The fraction of sp³-hybridized carbons (Fsp3) is 0.864. The van der Waals surface area contributed by atoms with Gasteiger partial charge in [-0.15, -0.1) is 0 Å². The monoisotopic (exact) mass is 1140 g/mol. The van der Waals surface area contributed by atoms with Gasteiger partial charge in [0.05, 0.1) is 32.0 Å². The van der Waals surface area contributed by atoms with Crippen LogP contribution in [0.1, 0.15) is 271 Å². The molecule has 9 N–H and O–H groups in total. The van der Waals surface area contributed by atoms with Gasteiger partial charge in [-0.05, 0) is 70.6 Å². The first-order valence-electron chi connectivity index (χ1n) is 32.9. The summed E-state index contributed by atoms with van der Waals surface area (Å²) in [6.07, 6.45) is 49.1. The third-order valence-electron chi connectivity index (χ3n) is 16.0. The van der Waals surface area contributed by atoms with Crippen LogP contribution in [0.5, 0.6) is 0 Å². The van der Waals surface area contributed by atoms with Gasteiger partial charge in [-0.25, -0.2) is 0 Å². The van der Waals surface area contributed by atoms with Crippen LogP contribution in [-0.4, -0.2) is 140 Å². The van der Waals surface area contributed by atoms with E-state index in [1.807, 2.05) is 6.08 Å². The van der Waals surface area contributed by atoms with E-state index in [1.165, 1.54) is 193 Å². The number of aliphatic hydroxyl groups is 8. The van der Waals surface area contributed by atoms with Crippen LogP contribution in [0.25, 0.3) is 0 Å². The van der Waals surface area contributed by atoms with E-state index in [4.69, 9.17) is 18.9 Å². The fourth-order valence-corrected chi connectivity index (χ4v) is 10.7. The van der Waals surface area contributed by atoms with Crippen molar-refractivity contribution in [3.63, 3.8) is 0 Å². The van der Waals surface area contributed by atoms with E-state index in [1.54, 1.807) is 6.08 Å². The van der Waals surface area contributed by atoms with Crippen LogP contribution < -0.4 is 5.32 Å². The quantitative estimate of drug-likeness (QED) is 0.0204. The number of hydrogen-bond donors (Lipinski definition) is 9. The van der Waals surface area contributed by atoms with Crippen molar-refractivity contribution in [2.24, 2.45) is 0 Å². The van der Waals surface area contributed by atoms with Crippen molar-refractivity contribution in [2.75, 3.05) is 19.8 Å². The highest BCUT2D eigenvalue weighted by molar-refractivity contribution is 5.76. The molecule has 2 heterocycles. The number of nitrogens with one attached hydrogen (secondary N) is 1. The van der Waals surface area contributed by atoms with Gasteiger partial charge in [0, 0.05) is 6.42 Å². The number of carbonyl (C=O) groups excluding carboxylic acids is 1. The molecule has 80 heavy (non-hydrogen) atoms. The Balaban J connectivity index is 1.62. The topological polar surface area (TPSA) is 228 Å². The summed E-state index contributed by atoms with van der Waals surface area (Å²) in [5.41, 5.74) is 0. The van der Waals surface area contributed by atoms with Crippen molar-refractivity contribution in [3.05, 3.63) is 48.6 Å². The zero-order valence-corrected chi connectivity index (χ0v) is 50.6. The van der Waals surface area contributed by atoms with E-state index in [0.717, 1.165) is 44.9 Å². The second-order valence-electron chi connectivity index (χ2n) is 23.2. The summed E-state index contributed by atoms with van der Waals surface area (Å²) in [6, 6.07) is -0.936. The van der Waals surface area contributed by atoms with Crippen LogP contribution in [0.4, 0.5) is 0 Å². The molecule has 2 fully saturated rings. The zero-order chi connectivity index (χ0) is 58.1. The molecule has 12 unspecified atom stereocenters. The summed E-state index contributed by atoms with van der Waals surface area (Å²) in [5.74, 6) is -0.251. The lowest BCUT2D eigenvalue weighted by atomic mass is 9.97. The first kappa shape index (κ1) is 74.1. The molecule has 0 radical (unpaired) electrons. The Kier molecular flexibility index (Phi) is 47.6. The standard InChI is InChI=1S/C66H121NO13/c1-3-5-7-9-11-13-15-17-18-19-20-21-22-23-24-25-26-27-28-29-30-31-32-33-34-35-36-38-40-42-44-46-48-50-58(71)67-54(55(70)49-47-45-43-41-39-37-16-14-12-10-8-6-4-2)53-77-65-63(76)61(74)64(57(52-69)79-65)80-66-62(75)60(73)59(72)56(51-68)78-66/h12,14,19-20,39,41,47,49,54-57,59-66,68-70,72-76H,3-11,13,15-18,21-38,40,42-46,48,50-53H2,1-2H3,(H,67,71)/b14-12+,20-19-,41-39+,49-47+. The number of aliphatic hydroxyl groups excluding tert-OH is 8. The normalized spacial score (nSPS) is 24.5. The molecule has 14 heteroatoms. The molecule has 12 atom stereocenters. The molecule has 2 aliphatic rings. The van der Waals surface area contributed by atoms with Gasteiger partial charge in [0.1, 0.15) is 48.8 Å². The van der Waals surface area contributed by atoms with Crippen LogP contribution in [0.3, 0.4) is 0 Å². The molecule has 2 saturated heterocycles. The number of hydrogen-bond acceptors (Lipinski definition) is 13. The Morgan fingerprint density at radius 2 is 0.800 bits per heavy atom. The lowest BCUT2D eigenvalue weighted by Crippen LogP contribution is -2.65. The van der Waals surface area contributed by atoms with Crippen molar-refractivity contribution in [1.82, 2.24) is 5.32 Å². The van der Waals surface area contributed by atoms with Gasteiger partial charge in [-0.2, -0.15) is 0 Å². The largest absolute Gasteiger partial charge is 0.394 e. The predicted molar refractivity (Wildman–Crippen MR) is 323 cm³/mol.